The van der Waals surface area contributed by atoms with Crippen LogP contribution < -0.4 is 4.90 Å². The van der Waals surface area contributed by atoms with E-state index in [0.29, 0.717) is 24.5 Å². The number of halogens is 2. The maximum Gasteiger partial charge on any atom is 0.306 e. The second-order valence-electron chi connectivity index (χ2n) is 12.3. The van der Waals surface area contributed by atoms with Crippen LogP contribution in [0.25, 0.3) is 0 Å². The van der Waals surface area contributed by atoms with Gasteiger partial charge in [0.25, 0.3) is 0 Å². The minimum absolute atomic E-state index is 0.107. The molecule has 1 atom stereocenters. The lowest BCUT2D eigenvalue weighted by Gasteiger charge is -2.57. The van der Waals surface area contributed by atoms with Crippen molar-refractivity contribution < 1.29 is 23.4 Å². The SMILES string of the molecule is Cc1cc(N2CC(C3CC4(CC(C(=O)O)C4)C3)=C3C(OCc4ccccc4)=CC(F)(C(C)C)C=C32)ccc1F. The number of carboxylic acids is 1. The average Bonchev–Trinajstić information content (AvgIpc) is 3.21. The van der Waals surface area contributed by atoms with Crippen LogP contribution in [0.15, 0.2) is 83.3 Å². The molecule has 6 rings (SSSR count). The number of nitrogens with zero attached hydrogens (tertiary/aromatic N) is 1. The van der Waals surface area contributed by atoms with Crippen LogP contribution in [0, 0.1) is 35.9 Å². The Hall–Kier alpha value is -3.41. The molecule has 0 amide bonds. The van der Waals surface area contributed by atoms with Crippen LogP contribution >= 0.6 is 0 Å². The molecule has 1 aliphatic heterocycles. The third-order valence-corrected chi connectivity index (χ3v) is 9.29. The second kappa shape index (κ2) is 9.35. The van der Waals surface area contributed by atoms with Crippen LogP contribution in [0.4, 0.5) is 14.5 Å². The Bertz CT molecular complexity index is 1400. The van der Waals surface area contributed by atoms with Crippen molar-refractivity contribution in [1.82, 2.24) is 0 Å². The lowest BCUT2D eigenvalue weighted by Crippen LogP contribution is -2.50. The molecule has 4 aliphatic rings. The highest BCUT2D eigenvalue weighted by atomic mass is 19.1. The third kappa shape index (κ3) is 4.48. The van der Waals surface area contributed by atoms with Gasteiger partial charge in [0.1, 0.15) is 18.2 Å². The minimum atomic E-state index is -1.70. The van der Waals surface area contributed by atoms with E-state index < -0.39 is 11.6 Å². The fraction of sp³-hybridized carbons (Fsp3) is 0.424. The van der Waals surface area contributed by atoms with Gasteiger partial charge in [0.05, 0.1) is 11.6 Å². The van der Waals surface area contributed by atoms with E-state index in [2.05, 4.69) is 4.90 Å². The van der Waals surface area contributed by atoms with Crippen molar-refractivity contribution in [3.63, 3.8) is 0 Å². The Morgan fingerprint density at radius 1 is 1.10 bits per heavy atom. The lowest BCUT2D eigenvalue weighted by molar-refractivity contribution is -0.156. The molecule has 2 fully saturated rings. The van der Waals surface area contributed by atoms with E-state index in [0.717, 1.165) is 48.2 Å². The smallest absolute Gasteiger partial charge is 0.306 e. The van der Waals surface area contributed by atoms with Gasteiger partial charge in [0.15, 0.2) is 5.67 Å². The van der Waals surface area contributed by atoms with E-state index >= 15 is 4.39 Å². The number of carbonyl (C=O) groups is 1. The molecule has 2 aromatic carbocycles. The molecule has 4 nitrogen and oxygen atoms in total. The highest BCUT2D eigenvalue weighted by molar-refractivity contribution is 5.72. The number of hydrogen-bond donors (Lipinski definition) is 1. The minimum Gasteiger partial charge on any atom is -0.488 e. The van der Waals surface area contributed by atoms with Gasteiger partial charge in [-0.15, -0.1) is 0 Å². The first-order valence-corrected chi connectivity index (χ1v) is 13.9. The summed E-state index contributed by atoms with van der Waals surface area (Å²) in [6, 6.07) is 14.9. The van der Waals surface area contributed by atoms with Crippen molar-refractivity contribution in [3.05, 3.63) is 100 Å². The summed E-state index contributed by atoms with van der Waals surface area (Å²) in [5, 5.41) is 9.39. The van der Waals surface area contributed by atoms with Gasteiger partial charge in [0, 0.05) is 17.8 Å². The van der Waals surface area contributed by atoms with Gasteiger partial charge in [-0.05, 0) is 96.9 Å². The largest absolute Gasteiger partial charge is 0.488 e. The van der Waals surface area contributed by atoms with Gasteiger partial charge in [-0.1, -0.05) is 44.2 Å². The molecule has 2 saturated carbocycles. The van der Waals surface area contributed by atoms with Gasteiger partial charge in [-0.3, -0.25) is 4.79 Å². The number of fused-ring (bicyclic) bond motifs is 1. The summed E-state index contributed by atoms with van der Waals surface area (Å²) < 4.78 is 37.1. The summed E-state index contributed by atoms with van der Waals surface area (Å²) in [6.07, 6.45) is 6.70. The number of aryl methyl sites for hydroxylation is 1. The number of anilines is 1. The van der Waals surface area contributed by atoms with Gasteiger partial charge in [-0.2, -0.15) is 0 Å². The van der Waals surface area contributed by atoms with Crippen LogP contribution in [-0.2, 0) is 16.1 Å². The number of carboxylic acid groups (broad SMARTS) is 1. The molecule has 0 bridgehead atoms. The van der Waals surface area contributed by atoms with E-state index in [9.17, 15) is 14.3 Å². The standard InChI is InChI=1S/C33H35F2NO3/c1-20(2)33(35)16-28-30(29(17-33)39-19-22-7-5-4-6-8-22)26(18-36(28)25-9-10-27(34)21(3)11-25)23-12-32(13-23)14-24(15-32)31(37)38/h4-11,16-17,20,23-24H,12-15,18-19H2,1-3H3,(H,37,38). The van der Waals surface area contributed by atoms with E-state index in [-0.39, 0.29) is 29.0 Å². The van der Waals surface area contributed by atoms with Crippen molar-refractivity contribution in [2.45, 2.75) is 58.7 Å². The molecule has 1 unspecified atom stereocenters. The van der Waals surface area contributed by atoms with Gasteiger partial charge in [0.2, 0.25) is 0 Å². The second-order valence-corrected chi connectivity index (χ2v) is 12.3. The number of aliphatic carboxylic acids is 1. The summed E-state index contributed by atoms with van der Waals surface area (Å²) in [7, 11) is 0. The average molecular weight is 532 g/mol. The molecular weight excluding hydrogens is 496 g/mol. The van der Waals surface area contributed by atoms with E-state index in [1.165, 1.54) is 11.6 Å². The summed E-state index contributed by atoms with van der Waals surface area (Å²) in [5.41, 5.74) is 3.71. The van der Waals surface area contributed by atoms with Gasteiger partial charge in [-0.25, -0.2) is 8.78 Å². The Morgan fingerprint density at radius 2 is 1.82 bits per heavy atom. The highest BCUT2D eigenvalue weighted by Gasteiger charge is 2.57. The molecule has 1 spiro atoms. The third-order valence-electron chi connectivity index (χ3n) is 9.29. The highest BCUT2D eigenvalue weighted by Crippen LogP contribution is 2.64. The van der Waals surface area contributed by atoms with Crippen LogP contribution in [-0.4, -0.2) is 23.3 Å². The monoisotopic (exact) mass is 531 g/mol. The Morgan fingerprint density at radius 3 is 2.46 bits per heavy atom. The van der Waals surface area contributed by atoms with Gasteiger partial charge >= 0.3 is 5.97 Å². The summed E-state index contributed by atoms with van der Waals surface area (Å²) in [6.45, 7) is 6.38. The van der Waals surface area contributed by atoms with E-state index in [1.807, 2.05) is 50.2 Å². The van der Waals surface area contributed by atoms with Crippen LogP contribution in [0.5, 0.6) is 0 Å². The van der Waals surface area contributed by atoms with Crippen molar-refractivity contribution in [2.75, 3.05) is 11.4 Å². The molecule has 204 valence electrons. The molecule has 6 heteroatoms. The van der Waals surface area contributed by atoms with Crippen LogP contribution in [0.2, 0.25) is 0 Å². The summed E-state index contributed by atoms with van der Waals surface area (Å²) in [5.74, 6) is -0.676. The Labute approximate surface area is 228 Å². The number of allylic oxidation sites excluding steroid dienone is 2. The summed E-state index contributed by atoms with van der Waals surface area (Å²) >= 11 is 0. The number of alkyl halides is 1. The fourth-order valence-electron chi connectivity index (χ4n) is 6.86. The molecule has 39 heavy (non-hydrogen) atoms. The molecular formula is C33H35F2NO3. The number of hydrogen-bond acceptors (Lipinski definition) is 3. The van der Waals surface area contributed by atoms with E-state index in [4.69, 9.17) is 4.74 Å². The predicted octanol–water partition coefficient (Wildman–Crippen LogP) is 7.50. The molecule has 0 aromatic heterocycles. The molecule has 1 heterocycles. The predicted molar refractivity (Wildman–Crippen MR) is 147 cm³/mol. The molecule has 0 saturated heterocycles. The molecule has 2 aromatic rings. The molecule has 0 radical (unpaired) electrons. The first kappa shape index (κ1) is 25.8. The molecule has 3 aliphatic carbocycles. The lowest BCUT2D eigenvalue weighted by atomic mass is 9.47. The molecule has 1 N–H and O–H groups in total. The van der Waals surface area contributed by atoms with Crippen molar-refractivity contribution in [2.24, 2.45) is 23.2 Å². The first-order chi connectivity index (χ1) is 18.6. The Balaban J connectivity index is 1.38. The topological polar surface area (TPSA) is 49.8 Å². The fourth-order valence-corrected chi connectivity index (χ4v) is 6.86. The normalized spacial score (nSPS) is 29.5. The maximum atomic E-state index is 16.5. The quantitative estimate of drug-likeness (QED) is 0.402. The summed E-state index contributed by atoms with van der Waals surface area (Å²) in [4.78, 5) is 13.5. The zero-order valence-electron chi connectivity index (χ0n) is 22.7. The van der Waals surface area contributed by atoms with Gasteiger partial charge < -0.3 is 14.7 Å². The van der Waals surface area contributed by atoms with Crippen LogP contribution in [0.1, 0.15) is 50.7 Å². The van der Waals surface area contributed by atoms with Crippen molar-refractivity contribution in [1.29, 1.82) is 0 Å². The number of benzene rings is 2. The first-order valence-electron chi connectivity index (χ1n) is 13.9. The van der Waals surface area contributed by atoms with Crippen LogP contribution in [0.3, 0.4) is 0 Å². The van der Waals surface area contributed by atoms with Crippen molar-refractivity contribution >= 4 is 11.7 Å². The maximum absolute atomic E-state index is 16.5. The Kier molecular flexibility index (Phi) is 6.20. The van der Waals surface area contributed by atoms with Crippen molar-refractivity contribution in [3.8, 4) is 0 Å². The number of ether oxygens (including phenoxy) is 1. The zero-order valence-corrected chi connectivity index (χ0v) is 22.7. The zero-order chi connectivity index (χ0) is 27.5. The number of rotatable bonds is 7. The van der Waals surface area contributed by atoms with E-state index in [1.54, 1.807) is 25.1 Å².